The van der Waals surface area contributed by atoms with Crippen molar-refractivity contribution in [3.8, 4) is 0 Å². The molecule has 0 aromatic heterocycles. The zero-order valence-electron chi connectivity index (χ0n) is 10.6. The van der Waals surface area contributed by atoms with Gasteiger partial charge in [-0.3, -0.25) is 0 Å². The molecule has 1 N–H and O–H groups in total. The molecule has 94 valence electrons. The molecule has 0 heterocycles. The van der Waals surface area contributed by atoms with E-state index >= 15 is 0 Å². The van der Waals surface area contributed by atoms with E-state index in [1.165, 1.54) is 40.2 Å². The Kier molecular flexibility index (Phi) is 3.29. The van der Waals surface area contributed by atoms with Crippen LogP contribution in [-0.2, 0) is 0 Å². The Labute approximate surface area is 117 Å². The van der Waals surface area contributed by atoms with E-state index < -0.39 is 0 Å². The molecule has 1 aliphatic carbocycles. The van der Waals surface area contributed by atoms with Crippen LogP contribution in [-0.4, -0.2) is 6.04 Å². The lowest BCUT2D eigenvalue weighted by Crippen LogP contribution is -2.21. The lowest BCUT2D eigenvalue weighted by molar-refractivity contribution is 0.557. The van der Waals surface area contributed by atoms with Crippen LogP contribution in [0.2, 0.25) is 0 Å². The van der Waals surface area contributed by atoms with Gasteiger partial charge >= 0.3 is 0 Å². The van der Waals surface area contributed by atoms with Gasteiger partial charge in [0, 0.05) is 21.6 Å². The normalized spacial score (nSPS) is 23.4. The molecule has 2 heteroatoms. The number of anilines is 1. The Balaban J connectivity index is 1.99. The van der Waals surface area contributed by atoms with Crippen LogP contribution in [0.5, 0.6) is 0 Å². The van der Waals surface area contributed by atoms with Gasteiger partial charge in [0.15, 0.2) is 0 Å². The Morgan fingerprint density at radius 3 is 2.56 bits per heavy atom. The van der Waals surface area contributed by atoms with Crippen LogP contribution in [0.25, 0.3) is 10.8 Å². The topological polar surface area (TPSA) is 12.0 Å². The Morgan fingerprint density at radius 2 is 1.83 bits per heavy atom. The van der Waals surface area contributed by atoms with Gasteiger partial charge in [0.25, 0.3) is 0 Å². The van der Waals surface area contributed by atoms with Gasteiger partial charge in [-0.15, -0.1) is 0 Å². The highest BCUT2D eigenvalue weighted by Gasteiger charge is 2.23. The van der Waals surface area contributed by atoms with Gasteiger partial charge in [0.05, 0.1) is 0 Å². The van der Waals surface area contributed by atoms with E-state index in [0.717, 1.165) is 5.92 Å². The SMILES string of the molecule is CC1CCCC1Nc1ccc(Br)c2ccccc12. The Hall–Kier alpha value is -1.02. The van der Waals surface area contributed by atoms with Crippen molar-refractivity contribution >= 4 is 32.4 Å². The van der Waals surface area contributed by atoms with Crippen LogP contribution in [0.15, 0.2) is 40.9 Å². The Morgan fingerprint density at radius 1 is 1.06 bits per heavy atom. The molecule has 1 nitrogen and oxygen atoms in total. The molecule has 2 aromatic rings. The number of hydrogen-bond donors (Lipinski definition) is 1. The van der Waals surface area contributed by atoms with Crippen LogP contribution in [0.4, 0.5) is 5.69 Å². The highest BCUT2D eigenvalue weighted by atomic mass is 79.9. The average Bonchev–Trinajstić information content (AvgIpc) is 2.79. The van der Waals surface area contributed by atoms with Crippen LogP contribution >= 0.6 is 15.9 Å². The summed E-state index contributed by atoms with van der Waals surface area (Å²) in [6, 6.07) is 13.5. The highest BCUT2D eigenvalue weighted by molar-refractivity contribution is 9.10. The summed E-state index contributed by atoms with van der Waals surface area (Å²) in [4.78, 5) is 0. The second kappa shape index (κ2) is 4.93. The lowest BCUT2D eigenvalue weighted by atomic mass is 10.0. The van der Waals surface area contributed by atoms with Crippen LogP contribution in [0.3, 0.4) is 0 Å². The smallest absolute Gasteiger partial charge is 0.0422 e. The molecule has 0 aliphatic heterocycles. The third-order valence-corrected chi connectivity index (χ3v) is 4.76. The molecule has 0 bridgehead atoms. The minimum atomic E-state index is 0.634. The van der Waals surface area contributed by atoms with E-state index in [2.05, 4.69) is 64.6 Å². The fraction of sp³-hybridized carbons (Fsp3) is 0.375. The summed E-state index contributed by atoms with van der Waals surface area (Å²) in [7, 11) is 0. The number of benzene rings is 2. The summed E-state index contributed by atoms with van der Waals surface area (Å²) in [6.07, 6.45) is 4.00. The average molecular weight is 304 g/mol. The fourth-order valence-corrected chi connectivity index (χ4v) is 3.43. The molecule has 0 radical (unpaired) electrons. The molecule has 0 saturated heterocycles. The molecule has 0 spiro atoms. The highest BCUT2D eigenvalue weighted by Crippen LogP contribution is 2.33. The van der Waals surface area contributed by atoms with Gasteiger partial charge < -0.3 is 5.32 Å². The van der Waals surface area contributed by atoms with Gasteiger partial charge in [-0.25, -0.2) is 0 Å². The number of hydrogen-bond acceptors (Lipinski definition) is 1. The van der Waals surface area contributed by atoms with Crippen molar-refractivity contribution in [2.75, 3.05) is 5.32 Å². The van der Waals surface area contributed by atoms with E-state index in [1.807, 2.05) is 0 Å². The van der Waals surface area contributed by atoms with Crippen molar-refractivity contribution in [3.05, 3.63) is 40.9 Å². The van der Waals surface area contributed by atoms with E-state index in [-0.39, 0.29) is 0 Å². The predicted octanol–water partition coefficient (Wildman–Crippen LogP) is 5.20. The van der Waals surface area contributed by atoms with Gasteiger partial charge in [0.1, 0.15) is 0 Å². The van der Waals surface area contributed by atoms with Crippen molar-refractivity contribution in [2.24, 2.45) is 5.92 Å². The molecule has 1 aliphatic rings. The molecule has 2 atom stereocenters. The number of fused-ring (bicyclic) bond motifs is 1. The second-order valence-corrected chi connectivity index (χ2v) is 6.15. The zero-order valence-corrected chi connectivity index (χ0v) is 12.2. The lowest BCUT2D eigenvalue weighted by Gasteiger charge is -2.20. The first-order valence-electron chi connectivity index (χ1n) is 6.69. The molecular formula is C16H18BrN. The summed E-state index contributed by atoms with van der Waals surface area (Å²) >= 11 is 3.63. The third kappa shape index (κ3) is 2.14. The molecule has 2 aromatic carbocycles. The van der Waals surface area contributed by atoms with E-state index in [0.29, 0.717) is 6.04 Å². The minimum absolute atomic E-state index is 0.634. The largest absolute Gasteiger partial charge is 0.382 e. The second-order valence-electron chi connectivity index (χ2n) is 5.30. The first kappa shape index (κ1) is 12.0. The van der Waals surface area contributed by atoms with Crippen molar-refractivity contribution in [1.29, 1.82) is 0 Å². The Bertz CT molecular complexity index is 564. The number of rotatable bonds is 2. The standard InChI is InChI=1S/C16H18BrN/c1-11-5-4-8-15(11)18-16-10-9-14(17)12-6-2-3-7-13(12)16/h2-3,6-7,9-11,15,18H,4-5,8H2,1H3. The first-order valence-corrected chi connectivity index (χ1v) is 7.49. The van der Waals surface area contributed by atoms with Crippen LogP contribution in [0.1, 0.15) is 26.2 Å². The van der Waals surface area contributed by atoms with Crippen molar-refractivity contribution in [3.63, 3.8) is 0 Å². The molecule has 1 fully saturated rings. The van der Waals surface area contributed by atoms with Crippen molar-refractivity contribution < 1.29 is 0 Å². The van der Waals surface area contributed by atoms with Gasteiger partial charge in [-0.05, 0) is 36.3 Å². The summed E-state index contributed by atoms with van der Waals surface area (Å²) in [5.74, 6) is 0.785. The molecular weight excluding hydrogens is 286 g/mol. The van der Waals surface area contributed by atoms with Gasteiger partial charge in [-0.2, -0.15) is 0 Å². The summed E-state index contributed by atoms with van der Waals surface area (Å²) in [5.41, 5.74) is 1.27. The summed E-state index contributed by atoms with van der Waals surface area (Å²) in [5, 5.41) is 6.34. The van der Waals surface area contributed by atoms with Crippen LogP contribution in [0, 0.1) is 5.92 Å². The number of nitrogens with one attached hydrogen (secondary N) is 1. The third-order valence-electron chi connectivity index (χ3n) is 4.07. The first-order chi connectivity index (χ1) is 8.75. The van der Waals surface area contributed by atoms with Gasteiger partial charge in [0.2, 0.25) is 0 Å². The summed E-state index contributed by atoms with van der Waals surface area (Å²) < 4.78 is 1.17. The summed E-state index contributed by atoms with van der Waals surface area (Å²) in [6.45, 7) is 2.35. The van der Waals surface area contributed by atoms with Crippen LogP contribution < -0.4 is 5.32 Å². The van der Waals surface area contributed by atoms with E-state index in [9.17, 15) is 0 Å². The van der Waals surface area contributed by atoms with E-state index in [4.69, 9.17) is 0 Å². The molecule has 2 unspecified atom stereocenters. The predicted molar refractivity (Wildman–Crippen MR) is 82.1 cm³/mol. The molecule has 0 amide bonds. The maximum absolute atomic E-state index is 3.74. The van der Waals surface area contributed by atoms with Crippen molar-refractivity contribution in [2.45, 2.75) is 32.2 Å². The zero-order chi connectivity index (χ0) is 12.5. The van der Waals surface area contributed by atoms with Crippen molar-refractivity contribution in [1.82, 2.24) is 0 Å². The number of halogens is 1. The molecule has 1 saturated carbocycles. The van der Waals surface area contributed by atoms with Gasteiger partial charge in [-0.1, -0.05) is 53.5 Å². The van der Waals surface area contributed by atoms with E-state index in [1.54, 1.807) is 0 Å². The quantitative estimate of drug-likeness (QED) is 0.804. The molecule has 3 rings (SSSR count). The minimum Gasteiger partial charge on any atom is -0.382 e. The monoisotopic (exact) mass is 303 g/mol. The maximum Gasteiger partial charge on any atom is 0.0422 e. The molecule has 18 heavy (non-hydrogen) atoms. The maximum atomic E-state index is 3.74. The fourth-order valence-electron chi connectivity index (χ4n) is 2.95.